The van der Waals surface area contributed by atoms with Crippen molar-refractivity contribution in [2.45, 2.75) is 37.8 Å². The van der Waals surface area contributed by atoms with Crippen molar-refractivity contribution in [2.75, 3.05) is 13.1 Å². The summed E-state index contributed by atoms with van der Waals surface area (Å²) in [5.41, 5.74) is 2.97. The lowest BCUT2D eigenvalue weighted by Crippen LogP contribution is -2.51. The molecule has 25 heavy (non-hydrogen) atoms. The van der Waals surface area contributed by atoms with Crippen molar-refractivity contribution in [3.05, 3.63) is 65.6 Å². The van der Waals surface area contributed by atoms with Crippen LogP contribution < -0.4 is 5.32 Å². The molecule has 0 spiro atoms. The van der Waals surface area contributed by atoms with E-state index in [0.717, 1.165) is 38.8 Å². The van der Waals surface area contributed by atoms with E-state index in [2.05, 4.69) is 34.5 Å². The first-order chi connectivity index (χ1) is 12.3. The zero-order chi connectivity index (χ0) is 17.1. The monoisotopic (exact) mass is 336 g/mol. The summed E-state index contributed by atoms with van der Waals surface area (Å²) in [6.45, 7) is 2.08. The van der Waals surface area contributed by atoms with E-state index in [0.29, 0.717) is 11.8 Å². The Kier molecular flexibility index (Phi) is 4.70. The molecule has 2 aliphatic rings. The average molecular weight is 336 g/mol. The van der Waals surface area contributed by atoms with Gasteiger partial charge in [0.1, 0.15) is 5.76 Å². The van der Waals surface area contributed by atoms with Gasteiger partial charge in [-0.25, -0.2) is 0 Å². The van der Waals surface area contributed by atoms with Crippen molar-refractivity contribution in [2.24, 2.45) is 0 Å². The number of carbonyl (C=O) groups excluding carboxylic acids is 1. The Labute approximate surface area is 148 Å². The Balaban J connectivity index is 1.32. The number of nitrogens with one attached hydrogen (secondary N) is 1. The maximum atomic E-state index is 12.2. The number of carbonyl (C=O) groups is 1. The molecule has 1 saturated heterocycles. The molecule has 1 fully saturated rings. The number of rotatable bonds is 4. The zero-order valence-corrected chi connectivity index (χ0v) is 14.4. The Morgan fingerprint density at radius 1 is 1.16 bits per heavy atom. The predicted molar refractivity (Wildman–Crippen MR) is 98.1 cm³/mol. The van der Waals surface area contributed by atoms with E-state index < -0.39 is 0 Å². The summed E-state index contributed by atoms with van der Waals surface area (Å²) < 4.78 is 5.21. The molecule has 1 amide bonds. The number of hydrogen-bond donors (Lipinski definition) is 1. The van der Waals surface area contributed by atoms with Crippen LogP contribution in [-0.4, -0.2) is 36.0 Å². The third-order valence-electron chi connectivity index (χ3n) is 5.29. The van der Waals surface area contributed by atoms with E-state index >= 15 is 0 Å². The van der Waals surface area contributed by atoms with Crippen LogP contribution in [0, 0.1) is 0 Å². The first kappa shape index (κ1) is 16.2. The topological polar surface area (TPSA) is 45.5 Å². The summed E-state index contributed by atoms with van der Waals surface area (Å²) in [4.78, 5) is 14.7. The molecule has 4 rings (SSSR count). The van der Waals surface area contributed by atoms with Crippen LogP contribution in [0.15, 0.2) is 53.2 Å². The highest BCUT2D eigenvalue weighted by Crippen LogP contribution is 2.27. The fourth-order valence-corrected chi connectivity index (χ4v) is 4.04. The molecule has 0 saturated carbocycles. The van der Waals surface area contributed by atoms with Gasteiger partial charge in [-0.05, 0) is 61.6 Å². The number of fused-ring (bicyclic) bond motifs is 1. The fourth-order valence-electron chi connectivity index (χ4n) is 4.04. The van der Waals surface area contributed by atoms with Gasteiger partial charge in [0.15, 0.2) is 0 Å². The van der Waals surface area contributed by atoms with E-state index in [1.165, 1.54) is 11.1 Å². The summed E-state index contributed by atoms with van der Waals surface area (Å²) in [7, 11) is 0. The number of piperidine rings is 1. The molecule has 1 N–H and O–H groups in total. The van der Waals surface area contributed by atoms with Crippen LogP contribution in [-0.2, 0) is 17.6 Å². The van der Waals surface area contributed by atoms with E-state index in [9.17, 15) is 4.79 Å². The summed E-state index contributed by atoms with van der Waals surface area (Å²) in [6, 6.07) is 13.2. The van der Waals surface area contributed by atoms with Crippen LogP contribution in [0.1, 0.15) is 29.7 Å². The maximum Gasteiger partial charge on any atom is 0.244 e. The minimum Gasteiger partial charge on any atom is -0.465 e. The lowest BCUT2D eigenvalue weighted by molar-refractivity contribution is -0.117. The molecule has 2 heterocycles. The van der Waals surface area contributed by atoms with Gasteiger partial charge in [0.25, 0.3) is 0 Å². The smallest absolute Gasteiger partial charge is 0.244 e. The first-order valence-electron chi connectivity index (χ1n) is 9.11. The molecule has 0 radical (unpaired) electrons. The highest BCUT2D eigenvalue weighted by atomic mass is 16.3. The molecule has 1 aromatic heterocycles. The molecule has 1 aliphatic carbocycles. The minimum absolute atomic E-state index is 0.0436. The normalized spacial score (nSPS) is 21.5. The number of likely N-dealkylation sites (tertiary alicyclic amines) is 1. The van der Waals surface area contributed by atoms with Gasteiger partial charge in [-0.3, -0.25) is 9.69 Å². The van der Waals surface area contributed by atoms with Gasteiger partial charge in [-0.2, -0.15) is 0 Å². The molecule has 1 aliphatic heterocycles. The van der Waals surface area contributed by atoms with E-state index in [1.807, 2.05) is 12.1 Å². The molecular weight excluding hydrogens is 312 g/mol. The Bertz CT molecular complexity index is 726. The van der Waals surface area contributed by atoms with Crippen LogP contribution in [0.4, 0.5) is 0 Å². The molecule has 1 aromatic carbocycles. The van der Waals surface area contributed by atoms with Gasteiger partial charge in [0, 0.05) is 24.7 Å². The van der Waals surface area contributed by atoms with Crippen LogP contribution in [0.2, 0.25) is 0 Å². The zero-order valence-electron chi connectivity index (χ0n) is 14.4. The van der Waals surface area contributed by atoms with Gasteiger partial charge < -0.3 is 9.73 Å². The van der Waals surface area contributed by atoms with Crippen molar-refractivity contribution in [1.29, 1.82) is 0 Å². The fraction of sp³-hybridized carbons (Fsp3) is 0.381. The molecular formula is C21H24N2O2. The molecule has 130 valence electrons. The van der Waals surface area contributed by atoms with Gasteiger partial charge >= 0.3 is 0 Å². The summed E-state index contributed by atoms with van der Waals surface area (Å²) >= 11 is 0. The van der Waals surface area contributed by atoms with Crippen molar-refractivity contribution in [3.63, 3.8) is 0 Å². The van der Waals surface area contributed by atoms with Gasteiger partial charge in [-0.15, -0.1) is 0 Å². The van der Waals surface area contributed by atoms with E-state index in [-0.39, 0.29) is 11.9 Å². The second-order valence-corrected chi connectivity index (χ2v) is 7.02. The second kappa shape index (κ2) is 7.28. The average Bonchev–Trinajstić information content (AvgIpc) is 3.29. The van der Waals surface area contributed by atoms with Crippen molar-refractivity contribution < 1.29 is 9.21 Å². The van der Waals surface area contributed by atoms with E-state index in [1.54, 1.807) is 18.4 Å². The van der Waals surface area contributed by atoms with Gasteiger partial charge in [-0.1, -0.05) is 24.3 Å². The Morgan fingerprint density at radius 3 is 2.68 bits per heavy atom. The van der Waals surface area contributed by atoms with Crippen LogP contribution in [0.5, 0.6) is 0 Å². The number of hydrogen-bond acceptors (Lipinski definition) is 3. The van der Waals surface area contributed by atoms with Crippen LogP contribution >= 0.6 is 0 Å². The van der Waals surface area contributed by atoms with Gasteiger partial charge in [0.05, 0.1) is 6.26 Å². The van der Waals surface area contributed by atoms with Crippen molar-refractivity contribution in [1.82, 2.24) is 10.2 Å². The number of amides is 1. The van der Waals surface area contributed by atoms with Gasteiger partial charge in [0.2, 0.25) is 5.91 Å². The summed E-state index contributed by atoms with van der Waals surface area (Å²) in [5, 5.41) is 3.15. The van der Waals surface area contributed by atoms with Crippen molar-refractivity contribution >= 4 is 12.0 Å². The third kappa shape index (κ3) is 3.85. The Hall–Kier alpha value is -2.33. The lowest BCUT2D eigenvalue weighted by Gasteiger charge is -2.37. The highest BCUT2D eigenvalue weighted by Gasteiger charge is 2.30. The highest BCUT2D eigenvalue weighted by molar-refractivity contribution is 5.91. The quantitative estimate of drug-likeness (QED) is 0.873. The maximum absolute atomic E-state index is 12.2. The number of furan rings is 1. The Morgan fingerprint density at radius 2 is 1.96 bits per heavy atom. The molecule has 1 unspecified atom stereocenters. The van der Waals surface area contributed by atoms with Crippen LogP contribution in [0.3, 0.4) is 0 Å². The molecule has 2 aromatic rings. The summed E-state index contributed by atoms with van der Waals surface area (Å²) in [5.74, 6) is 0.655. The summed E-state index contributed by atoms with van der Waals surface area (Å²) in [6.07, 6.45) is 9.34. The van der Waals surface area contributed by atoms with E-state index in [4.69, 9.17) is 4.42 Å². The first-order valence-corrected chi connectivity index (χ1v) is 9.11. The standard InChI is InChI=1S/C21H24N2O2/c24-21(10-9-20-8-4-12-25-20)22-18-7-3-11-23(15-18)19-13-16-5-1-2-6-17(16)14-19/h1-2,4-6,8-10,12,18-19H,3,7,11,13-15H2,(H,22,24). The second-order valence-electron chi connectivity index (χ2n) is 7.02. The minimum atomic E-state index is -0.0436. The SMILES string of the molecule is O=C(C=Cc1ccco1)NC1CCCN(C2Cc3ccccc3C2)C1. The number of nitrogens with zero attached hydrogens (tertiary/aromatic N) is 1. The molecule has 4 heteroatoms. The van der Waals surface area contributed by atoms with Crippen molar-refractivity contribution in [3.8, 4) is 0 Å². The predicted octanol–water partition coefficient (Wildman–Crippen LogP) is 3.04. The number of benzene rings is 1. The molecule has 1 atom stereocenters. The van der Waals surface area contributed by atoms with Crippen LogP contribution in [0.25, 0.3) is 6.08 Å². The largest absolute Gasteiger partial charge is 0.465 e. The lowest BCUT2D eigenvalue weighted by atomic mass is 10.0. The molecule has 0 bridgehead atoms. The molecule has 4 nitrogen and oxygen atoms in total. The third-order valence-corrected chi connectivity index (χ3v) is 5.29.